The maximum absolute atomic E-state index is 14.3. The highest BCUT2D eigenvalue weighted by Crippen LogP contribution is 2.30. The number of nitrogens with one attached hydrogen (secondary N) is 1. The van der Waals surface area contributed by atoms with Crippen molar-refractivity contribution in [3.63, 3.8) is 0 Å². The number of rotatable bonds is 5. The van der Waals surface area contributed by atoms with Crippen molar-refractivity contribution in [1.29, 1.82) is 0 Å². The van der Waals surface area contributed by atoms with E-state index in [-0.39, 0.29) is 19.5 Å². The quantitative estimate of drug-likeness (QED) is 0.684. The Morgan fingerprint density at radius 2 is 1.57 bits per heavy atom. The molecule has 0 radical (unpaired) electrons. The van der Waals surface area contributed by atoms with Crippen molar-refractivity contribution in [2.75, 3.05) is 0 Å². The van der Waals surface area contributed by atoms with Crippen LogP contribution in [0.1, 0.15) is 16.7 Å². The molecule has 30 heavy (non-hydrogen) atoms. The molecule has 1 aliphatic heterocycles. The van der Waals surface area contributed by atoms with Crippen LogP contribution in [0.4, 0.5) is 4.39 Å². The van der Waals surface area contributed by atoms with Crippen LogP contribution in [0.5, 0.6) is 0 Å². The van der Waals surface area contributed by atoms with Gasteiger partial charge in [-0.15, -0.1) is 0 Å². The highest BCUT2D eigenvalue weighted by Gasteiger charge is 2.40. The second-order valence-electron chi connectivity index (χ2n) is 7.17. The molecule has 0 bridgehead atoms. The van der Waals surface area contributed by atoms with E-state index in [0.29, 0.717) is 0 Å². The molecule has 0 fully saturated rings. The van der Waals surface area contributed by atoms with Crippen molar-refractivity contribution >= 4 is 15.9 Å². The molecule has 1 aliphatic rings. The van der Waals surface area contributed by atoms with Crippen LogP contribution >= 0.6 is 0 Å². The fourth-order valence-corrected chi connectivity index (χ4v) is 5.29. The van der Waals surface area contributed by atoms with Crippen molar-refractivity contribution in [3.05, 3.63) is 101 Å². The van der Waals surface area contributed by atoms with Crippen LogP contribution in [-0.4, -0.2) is 24.7 Å². The van der Waals surface area contributed by atoms with Crippen molar-refractivity contribution in [2.24, 2.45) is 0 Å². The largest absolute Gasteiger partial charge is 0.351 e. The number of fused-ring (bicyclic) bond motifs is 1. The smallest absolute Gasteiger partial charge is 0.247 e. The van der Waals surface area contributed by atoms with Crippen molar-refractivity contribution < 1.29 is 17.6 Å². The summed E-state index contributed by atoms with van der Waals surface area (Å²) < 4.78 is 42.1. The molecule has 7 heteroatoms. The third-order valence-corrected chi connectivity index (χ3v) is 7.13. The van der Waals surface area contributed by atoms with Crippen molar-refractivity contribution in [3.8, 4) is 0 Å². The van der Waals surface area contributed by atoms with Gasteiger partial charge in [-0.25, -0.2) is 12.8 Å². The Morgan fingerprint density at radius 1 is 0.933 bits per heavy atom. The normalized spacial score (nSPS) is 16.6. The Bertz CT molecular complexity index is 1170. The first kappa shape index (κ1) is 20.3. The van der Waals surface area contributed by atoms with E-state index in [9.17, 15) is 17.6 Å². The lowest BCUT2D eigenvalue weighted by Crippen LogP contribution is -2.52. The lowest BCUT2D eigenvalue weighted by molar-refractivity contribution is -0.125. The first-order valence-electron chi connectivity index (χ1n) is 9.61. The molecule has 0 aliphatic carbocycles. The predicted octanol–water partition coefficient (Wildman–Crippen LogP) is 3.26. The van der Waals surface area contributed by atoms with Crippen LogP contribution in [0.3, 0.4) is 0 Å². The molecule has 1 amide bonds. The number of carbonyl (C=O) groups is 1. The average Bonchev–Trinajstić information content (AvgIpc) is 2.77. The van der Waals surface area contributed by atoms with Gasteiger partial charge in [0.25, 0.3) is 0 Å². The van der Waals surface area contributed by atoms with Gasteiger partial charge in [-0.2, -0.15) is 4.31 Å². The van der Waals surface area contributed by atoms with E-state index in [1.54, 1.807) is 0 Å². The fourth-order valence-electron chi connectivity index (χ4n) is 3.66. The molecule has 0 saturated carbocycles. The third-order valence-electron chi connectivity index (χ3n) is 5.24. The molecule has 3 aromatic rings. The van der Waals surface area contributed by atoms with Gasteiger partial charge < -0.3 is 5.32 Å². The van der Waals surface area contributed by atoms with Crippen LogP contribution in [0.15, 0.2) is 83.8 Å². The second-order valence-corrected chi connectivity index (χ2v) is 9.03. The Labute approximate surface area is 175 Å². The lowest BCUT2D eigenvalue weighted by Gasteiger charge is -2.35. The number of hydrogen-bond acceptors (Lipinski definition) is 3. The summed E-state index contributed by atoms with van der Waals surface area (Å²) in [5, 5.41) is 2.83. The van der Waals surface area contributed by atoms with Gasteiger partial charge in [-0.1, -0.05) is 66.7 Å². The molecule has 0 spiro atoms. The zero-order chi connectivity index (χ0) is 21.1. The average molecular weight is 424 g/mol. The Kier molecular flexibility index (Phi) is 5.65. The van der Waals surface area contributed by atoms with Gasteiger partial charge in [0.15, 0.2) is 0 Å². The second kappa shape index (κ2) is 8.38. The highest BCUT2D eigenvalue weighted by atomic mass is 32.2. The molecule has 1 heterocycles. The van der Waals surface area contributed by atoms with E-state index in [1.165, 1.54) is 18.2 Å². The molecule has 0 aromatic heterocycles. The standard InChI is InChI=1S/C23H21FN2O3S/c24-20-12-6-7-13-22(20)30(28,29)26-16-19-11-5-4-10-18(19)14-21(26)23(27)25-15-17-8-2-1-3-9-17/h1-13,21H,14-16H2,(H,25,27)/t21-/m1/s1. The summed E-state index contributed by atoms with van der Waals surface area (Å²) >= 11 is 0. The minimum absolute atomic E-state index is 0.0102. The third kappa shape index (κ3) is 3.99. The lowest BCUT2D eigenvalue weighted by atomic mass is 9.95. The van der Waals surface area contributed by atoms with E-state index < -0.39 is 32.7 Å². The zero-order valence-corrected chi connectivity index (χ0v) is 17.0. The van der Waals surface area contributed by atoms with Crippen LogP contribution in [0.25, 0.3) is 0 Å². The van der Waals surface area contributed by atoms with Crippen molar-refractivity contribution in [2.45, 2.75) is 30.4 Å². The minimum atomic E-state index is -4.22. The first-order valence-corrected chi connectivity index (χ1v) is 11.1. The summed E-state index contributed by atoms with van der Waals surface area (Å²) in [6.45, 7) is 0.293. The molecule has 0 unspecified atom stereocenters. The molecule has 4 rings (SSSR count). The minimum Gasteiger partial charge on any atom is -0.351 e. The number of hydrogen-bond donors (Lipinski definition) is 1. The molecule has 1 atom stereocenters. The van der Waals surface area contributed by atoms with Gasteiger partial charge in [-0.05, 0) is 35.2 Å². The molecule has 1 N–H and O–H groups in total. The summed E-state index contributed by atoms with van der Waals surface area (Å²) in [6.07, 6.45) is 0.227. The Balaban J connectivity index is 1.67. The van der Waals surface area contributed by atoms with Gasteiger partial charge in [0.05, 0.1) is 0 Å². The van der Waals surface area contributed by atoms with Gasteiger partial charge >= 0.3 is 0 Å². The van der Waals surface area contributed by atoms with Crippen LogP contribution in [0.2, 0.25) is 0 Å². The molecule has 0 saturated heterocycles. The van der Waals surface area contributed by atoms with Crippen molar-refractivity contribution in [1.82, 2.24) is 9.62 Å². The topological polar surface area (TPSA) is 66.5 Å². The summed E-state index contributed by atoms with van der Waals surface area (Å²) in [5.74, 6) is -1.24. The first-order chi connectivity index (χ1) is 14.5. The van der Waals surface area contributed by atoms with Gasteiger partial charge in [0.2, 0.25) is 15.9 Å². The molecule has 3 aromatic carbocycles. The number of benzene rings is 3. The summed E-state index contributed by atoms with van der Waals surface area (Å²) in [4.78, 5) is 12.6. The number of sulfonamides is 1. The van der Waals surface area contributed by atoms with E-state index in [4.69, 9.17) is 0 Å². The van der Waals surface area contributed by atoms with Crippen LogP contribution in [0, 0.1) is 5.82 Å². The Morgan fingerprint density at radius 3 is 2.30 bits per heavy atom. The predicted molar refractivity (Wildman–Crippen MR) is 111 cm³/mol. The number of carbonyl (C=O) groups excluding carboxylic acids is 1. The zero-order valence-electron chi connectivity index (χ0n) is 16.2. The summed E-state index contributed by atoms with van der Waals surface area (Å²) in [6, 6.07) is 21.1. The molecular formula is C23H21FN2O3S. The molecule has 5 nitrogen and oxygen atoms in total. The Hall–Kier alpha value is -3.03. The molecule has 154 valence electrons. The van der Waals surface area contributed by atoms with E-state index in [2.05, 4.69) is 5.32 Å². The molecular weight excluding hydrogens is 403 g/mol. The number of amides is 1. The van der Waals surface area contributed by atoms with E-state index >= 15 is 0 Å². The summed E-state index contributed by atoms with van der Waals surface area (Å²) in [5.41, 5.74) is 2.63. The monoisotopic (exact) mass is 424 g/mol. The van der Waals surface area contributed by atoms with Gasteiger partial charge in [0.1, 0.15) is 16.8 Å². The summed E-state index contributed by atoms with van der Waals surface area (Å²) in [7, 11) is -4.22. The van der Waals surface area contributed by atoms with Gasteiger partial charge in [0, 0.05) is 13.1 Å². The number of halogens is 1. The number of nitrogens with zero attached hydrogens (tertiary/aromatic N) is 1. The van der Waals surface area contributed by atoms with Crippen LogP contribution in [-0.2, 0) is 34.3 Å². The maximum atomic E-state index is 14.3. The van der Waals surface area contributed by atoms with E-state index in [0.717, 1.165) is 27.1 Å². The maximum Gasteiger partial charge on any atom is 0.247 e. The SMILES string of the molecule is O=C(NCc1ccccc1)[C@H]1Cc2ccccc2CN1S(=O)(=O)c1ccccc1F. The fraction of sp³-hybridized carbons (Fsp3) is 0.174. The van der Waals surface area contributed by atoms with Crippen LogP contribution < -0.4 is 5.32 Å². The van der Waals surface area contributed by atoms with Gasteiger partial charge in [-0.3, -0.25) is 4.79 Å². The highest BCUT2D eigenvalue weighted by molar-refractivity contribution is 7.89. The van der Waals surface area contributed by atoms with E-state index in [1.807, 2.05) is 54.6 Å².